The summed E-state index contributed by atoms with van der Waals surface area (Å²) in [4.78, 5) is 2.15. The fourth-order valence-electron chi connectivity index (χ4n) is 2.41. The molecule has 1 aliphatic heterocycles. The van der Waals surface area contributed by atoms with Gasteiger partial charge in [0.2, 0.25) is 0 Å². The molecule has 1 saturated heterocycles. The summed E-state index contributed by atoms with van der Waals surface area (Å²) in [5, 5.41) is 9.30. The van der Waals surface area contributed by atoms with Crippen LogP contribution in [0.5, 0.6) is 0 Å². The first kappa shape index (κ1) is 12.5. The topological polar surface area (TPSA) is 23.5 Å². The molecule has 0 spiro atoms. The summed E-state index contributed by atoms with van der Waals surface area (Å²) in [7, 11) is 0. The Kier molecular flexibility index (Phi) is 3.74. The zero-order chi connectivity index (χ0) is 12.4. The van der Waals surface area contributed by atoms with Crippen molar-refractivity contribution < 1.29 is 13.9 Å². The smallest absolute Gasteiger partial charge is 0.159 e. The van der Waals surface area contributed by atoms with Crippen LogP contribution in [0.1, 0.15) is 24.8 Å². The summed E-state index contributed by atoms with van der Waals surface area (Å²) in [6, 6.07) is 4.11. The van der Waals surface area contributed by atoms with E-state index in [9.17, 15) is 13.9 Å². The fourth-order valence-corrected chi connectivity index (χ4v) is 2.41. The molecule has 94 valence electrons. The van der Waals surface area contributed by atoms with Crippen molar-refractivity contribution in [3.63, 3.8) is 0 Å². The molecule has 4 heteroatoms. The first-order valence-corrected chi connectivity index (χ1v) is 5.91. The largest absolute Gasteiger partial charge is 0.392 e. The van der Waals surface area contributed by atoms with Crippen LogP contribution >= 0.6 is 0 Å². The molecule has 1 N–H and O–H groups in total. The number of nitrogens with zero attached hydrogens (tertiary/aromatic N) is 1. The quantitative estimate of drug-likeness (QED) is 0.876. The van der Waals surface area contributed by atoms with Crippen molar-refractivity contribution in [1.82, 2.24) is 4.90 Å². The molecule has 0 bridgehead atoms. The summed E-state index contributed by atoms with van der Waals surface area (Å²) < 4.78 is 25.9. The lowest BCUT2D eigenvalue weighted by Crippen LogP contribution is -2.28. The summed E-state index contributed by atoms with van der Waals surface area (Å²) in [6.45, 7) is 4.09. The van der Waals surface area contributed by atoms with Gasteiger partial charge < -0.3 is 10.0 Å². The van der Waals surface area contributed by atoms with Gasteiger partial charge in [0.1, 0.15) is 0 Å². The highest BCUT2D eigenvalue weighted by atomic mass is 19.2. The molecule has 0 radical (unpaired) electrons. The van der Waals surface area contributed by atoms with Gasteiger partial charge in [0.25, 0.3) is 0 Å². The molecule has 1 aromatic rings. The minimum absolute atomic E-state index is 0.240. The van der Waals surface area contributed by atoms with Crippen LogP contribution in [0.25, 0.3) is 0 Å². The monoisotopic (exact) mass is 241 g/mol. The SMILES string of the molecule is CC(O)CN1CCC(c2ccc(F)c(F)c2)C1. The van der Waals surface area contributed by atoms with Crippen LogP contribution in [0.4, 0.5) is 8.78 Å². The van der Waals surface area contributed by atoms with Crippen LogP contribution in [0, 0.1) is 11.6 Å². The Balaban J connectivity index is 2.02. The summed E-state index contributed by atoms with van der Waals surface area (Å²) in [5.74, 6) is -1.34. The third-order valence-corrected chi connectivity index (χ3v) is 3.21. The number of likely N-dealkylation sites (tertiary alicyclic amines) is 1. The third-order valence-electron chi connectivity index (χ3n) is 3.21. The number of aliphatic hydroxyl groups excluding tert-OH is 1. The number of β-amino-alcohol motifs (C(OH)–C–C–N with tert-alkyl or cyclic N) is 1. The molecule has 0 aliphatic carbocycles. The Labute approximate surface area is 99.9 Å². The van der Waals surface area contributed by atoms with Gasteiger partial charge in [-0.15, -0.1) is 0 Å². The van der Waals surface area contributed by atoms with Gasteiger partial charge in [-0.25, -0.2) is 8.78 Å². The average molecular weight is 241 g/mol. The van der Waals surface area contributed by atoms with Gasteiger partial charge in [0.05, 0.1) is 6.10 Å². The number of hydrogen-bond donors (Lipinski definition) is 1. The van der Waals surface area contributed by atoms with Crippen molar-refractivity contribution in [2.24, 2.45) is 0 Å². The summed E-state index contributed by atoms with van der Waals surface area (Å²) in [5.41, 5.74) is 0.844. The van der Waals surface area contributed by atoms with Gasteiger partial charge in [-0.3, -0.25) is 0 Å². The maximum Gasteiger partial charge on any atom is 0.159 e. The lowest BCUT2D eigenvalue weighted by molar-refractivity contribution is 0.140. The molecule has 0 amide bonds. The maximum absolute atomic E-state index is 13.1. The van der Waals surface area contributed by atoms with Gasteiger partial charge in [-0.1, -0.05) is 6.07 Å². The van der Waals surface area contributed by atoms with E-state index in [0.717, 1.165) is 25.1 Å². The number of rotatable bonds is 3. The Morgan fingerprint density at radius 3 is 2.82 bits per heavy atom. The van der Waals surface area contributed by atoms with Gasteiger partial charge >= 0.3 is 0 Å². The van der Waals surface area contributed by atoms with Crippen LogP contribution in [-0.4, -0.2) is 35.7 Å². The molecule has 17 heavy (non-hydrogen) atoms. The Hall–Kier alpha value is -1.00. The number of hydrogen-bond acceptors (Lipinski definition) is 2. The number of halogens is 2. The molecule has 1 heterocycles. The van der Waals surface area contributed by atoms with Gasteiger partial charge in [0.15, 0.2) is 11.6 Å². The van der Waals surface area contributed by atoms with E-state index in [0.29, 0.717) is 6.54 Å². The van der Waals surface area contributed by atoms with Crippen LogP contribution in [0.3, 0.4) is 0 Å². The highest BCUT2D eigenvalue weighted by Crippen LogP contribution is 2.28. The maximum atomic E-state index is 13.1. The van der Waals surface area contributed by atoms with E-state index in [4.69, 9.17) is 0 Å². The molecule has 1 aromatic carbocycles. The first-order valence-electron chi connectivity index (χ1n) is 5.91. The molecule has 0 aromatic heterocycles. The van der Waals surface area contributed by atoms with Crippen molar-refractivity contribution in [3.05, 3.63) is 35.4 Å². The highest BCUT2D eigenvalue weighted by molar-refractivity contribution is 5.23. The molecule has 2 unspecified atom stereocenters. The molecule has 1 aliphatic rings. The molecule has 2 nitrogen and oxygen atoms in total. The van der Waals surface area contributed by atoms with Gasteiger partial charge in [-0.2, -0.15) is 0 Å². The predicted octanol–water partition coefficient (Wildman–Crippen LogP) is 2.13. The lowest BCUT2D eigenvalue weighted by atomic mass is 9.98. The van der Waals surface area contributed by atoms with Gasteiger partial charge in [-0.05, 0) is 43.5 Å². The summed E-state index contributed by atoms with van der Waals surface area (Å²) in [6.07, 6.45) is 0.580. The second-order valence-electron chi connectivity index (χ2n) is 4.77. The average Bonchev–Trinajstić information content (AvgIpc) is 2.69. The zero-order valence-electron chi connectivity index (χ0n) is 9.87. The van der Waals surface area contributed by atoms with Crippen molar-refractivity contribution >= 4 is 0 Å². The molecule has 0 saturated carbocycles. The lowest BCUT2D eigenvalue weighted by Gasteiger charge is -2.17. The predicted molar refractivity (Wildman–Crippen MR) is 61.8 cm³/mol. The molecular weight excluding hydrogens is 224 g/mol. The van der Waals surface area contributed by atoms with Crippen molar-refractivity contribution in [2.45, 2.75) is 25.4 Å². The molecule has 2 atom stereocenters. The zero-order valence-corrected chi connectivity index (χ0v) is 9.87. The summed E-state index contributed by atoms with van der Waals surface area (Å²) >= 11 is 0. The van der Waals surface area contributed by atoms with E-state index in [1.807, 2.05) is 0 Å². The van der Waals surface area contributed by atoms with Crippen LogP contribution in [0.2, 0.25) is 0 Å². The molecule has 2 rings (SSSR count). The van der Waals surface area contributed by atoms with Crippen molar-refractivity contribution in [1.29, 1.82) is 0 Å². The van der Waals surface area contributed by atoms with Crippen LogP contribution < -0.4 is 0 Å². The van der Waals surface area contributed by atoms with Crippen LogP contribution in [0.15, 0.2) is 18.2 Å². The Bertz CT molecular complexity index is 395. The van der Waals surface area contributed by atoms with Crippen molar-refractivity contribution in [2.75, 3.05) is 19.6 Å². The van der Waals surface area contributed by atoms with E-state index in [1.54, 1.807) is 13.0 Å². The standard InChI is InChI=1S/C13H17F2NO/c1-9(17)7-16-5-4-11(8-16)10-2-3-12(14)13(15)6-10/h2-3,6,9,11,17H,4-5,7-8H2,1H3. The van der Waals surface area contributed by atoms with E-state index in [-0.39, 0.29) is 12.0 Å². The second kappa shape index (κ2) is 5.10. The van der Waals surface area contributed by atoms with Crippen LogP contribution in [-0.2, 0) is 0 Å². The van der Waals surface area contributed by atoms with Gasteiger partial charge in [0, 0.05) is 13.1 Å². The van der Waals surface area contributed by atoms with E-state index in [2.05, 4.69) is 4.90 Å². The number of aliphatic hydroxyl groups is 1. The number of benzene rings is 1. The Morgan fingerprint density at radius 1 is 1.41 bits per heavy atom. The van der Waals surface area contributed by atoms with E-state index < -0.39 is 11.6 Å². The Morgan fingerprint density at radius 2 is 2.18 bits per heavy atom. The second-order valence-corrected chi connectivity index (χ2v) is 4.77. The fraction of sp³-hybridized carbons (Fsp3) is 0.538. The molecular formula is C13H17F2NO. The highest BCUT2D eigenvalue weighted by Gasteiger charge is 2.25. The normalized spacial score (nSPS) is 22.9. The minimum Gasteiger partial charge on any atom is -0.392 e. The van der Waals surface area contributed by atoms with Crippen molar-refractivity contribution in [3.8, 4) is 0 Å². The van der Waals surface area contributed by atoms with E-state index >= 15 is 0 Å². The third kappa shape index (κ3) is 3.01. The van der Waals surface area contributed by atoms with E-state index in [1.165, 1.54) is 12.1 Å². The first-order chi connectivity index (χ1) is 8.06. The molecule has 1 fully saturated rings. The minimum atomic E-state index is -0.799.